The fourth-order valence-corrected chi connectivity index (χ4v) is 2.74. The first kappa shape index (κ1) is 18.7. The van der Waals surface area contributed by atoms with Gasteiger partial charge in [0.2, 0.25) is 5.91 Å². The zero-order valence-electron chi connectivity index (χ0n) is 15.0. The monoisotopic (exact) mass is 365 g/mol. The van der Waals surface area contributed by atoms with E-state index in [4.69, 9.17) is 4.74 Å². The highest BCUT2D eigenvalue weighted by Crippen LogP contribution is 2.14. The molecule has 27 heavy (non-hydrogen) atoms. The smallest absolute Gasteiger partial charge is 0.319 e. The summed E-state index contributed by atoms with van der Waals surface area (Å²) in [6.45, 7) is 1.27. The van der Waals surface area contributed by atoms with E-state index in [2.05, 4.69) is 16.0 Å². The van der Waals surface area contributed by atoms with Crippen LogP contribution in [0.1, 0.15) is 18.4 Å². The normalized spacial score (nSPS) is 16.2. The third kappa shape index (κ3) is 6.27. The van der Waals surface area contributed by atoms with Crippen molar-refractivity contribution in [3.63, 3.8) is 0 Å². The Morgan fingerprint density at radius 3 is 2.37 bits per heavy atom. The maximum absolute atomic E-state index is 12.0. The molecule has 1 aliphatic heterocycles. The van der Waals surface area contributed by atoms with Crippen molar-refractivity contribution in [2.45, 2.75) is 18.9 Å². The van der Waals surface area contributed by atoms with E-state index in [1.807, 2.05) is 30.3 Å². The first-order valence-corrected chi connectivity index (χ1v) is 9.00. The van der Waals surface area contributed by atoms with Crippen molar-refractivity contribution in [1.29, 1.82) is 0 Å². The van der Waals surface area contributed by atoms with Gasteiger partial charge in [-0.2, -0.15) is 0 Å². The second kappa shape index (κ2) is 9.54. The van der Waals surface area contributed by atoms with E-state index >= 15 is 0 Å². The van der Waals surface area contributed by atoms with Gasteiger partial charge in [-0.3, -0.25) is 4.79 Å². The molecule has 6 heteroatoms. The van der Waals surface area contributed by atoms with Crippen LogP contribution >= 0.6 is 0 Å². The summed E-state index contributed by atoms with van der Waals surface area (Å²) in [5.74, 6) is -0.214. The maximum Gasteiger partial charge on any atom is 0.319 e. The lowest BCUT2D eigenvalue weighted by molar-refractivity contribution is -0.111. The number of nitrogens with one attached hydrogen (secondary N) is 3. The van der Waals surface area contributed by atoms with Crippen molar-refractivity contribution in [3.8, 4) is 0 Å². The molecule has 0 aliphatic carbocycles. The topological polar surface area (TPSA) is 79.5 Å². The first-order chi connectivity index (χ1) is 13.2. The van der Waals surface area contributed by atoms with Gasteiger partial charge in [0.25, 0.3) is 0 Å². The van der Waals surface area contributed by atoms with Crippen LogP contribution in [0.3, 0.4) is 0 Å². The fraction of sp³-hybridized carbons (Fsp3) is 0.238. The number of carbonyl (C=O) groups excluding carboxylic acids is 2. The third-order valence-electron chi connectivity index (χ3n) is 4.15. The predicted octanol–water partition coefficient (Wildman–Crippen LogP) is 3.64. The summed E-state index contributed by atoms with van der Waals surface area (Å²) >= 11 is 0. The van der Waals surface area contributed by atoms with Crippen LogP contribution in [-0.2, 0) is 9.53 Å². The molecule has 1 saturated heterocycles. The van der Waals surface area contributed by atoms with E-state index in [1.54, 1.807) is 30.3 Å². The highest BCUT2D eigenvalue weighted by Gasteiger charge is 2.16. The summed E-state index contributed by atoms with van der Waals surface area (Å²) < 4.78 is 5.47. The number of amides is 3. The lowest BCUT2D eigenvalue weighted by atomic mass is 10.2. The Morgan fingerprint density at radius 2 is 1.70 bits per heavy atom. The van der Waals surface area contributed by atoms with Gasteiger partial charge in [0.15, 0.2) is 0 Å². The fourth-order valence-electron chi connectivity index (χ4n) is 2.74. The number of anilines is 2. The van der Waals surface area contributed by atoms with Gasteiger partial charge < -0.3 is 20.7 Å². The molecule has 1 atom stereocenters. The number of hydrogen-bond donors (Lipinski definition) is 3. The number of rotatable bonds is 6. The van der Waals surface area contributed by atoms with Crippen LogP contribution in [0.5, 0.6) is 0 Å². The Kier molecular flexibility index (Phi) is 6.60. The molecular weight excluding hydrogens is 342 g/mol. The number of hydrogen-bond acceptors (Lipinski definition) is 3. The van der Waals surface area contributed by atoms with Gasteiger partial charge >= 0.3 is 6.03 Å². The highest BCUT2D eigenvalue weighted by molar-refractivity contribution is 6.02. The van der Waals surface area contributed by atoms with Gasteiger partial charge in [0.05, 0.1) is 6.10 Å². The molecule has 0 saturated carbocycles. The quantitative estimate of drug-likeness (QED) is 0.684. The number of benzene rings is 2. The Balaban J connectivity index is 1.44. The minimum Gasteiger partial charge on any atom is -0.376 e. The van der Waals surface area contributed by atoms with E-state index in [0.29, 0.717) is 17.9 Å². The van der Waals surface area contributed by atoms with Gasteiger partial charge in [0.1, 0.15) is 0 Å². The van der Waals surface area contributed by atoms with E-state index in [9.17, 15) is 9.59 Å². The molecule has 0 bridgehead atoms. The maximum atomic E-state index is 12.0. The van der Waals surface area contributed by atoms with Gasteiger partial charge in [-0.05, 0) is 48.7 Å². The molecule has 1 aliphatic rings. The predicted molar refractivity (Wildman–Crippen MR) is 107 cm³/mol. The second-order valence-corrected chi connectivity index (χ2v) is 6.28. The van der Waals surface area contributed by atoms with Gasteiger partial charge in [-0.1, -0.05) is 30.3 Å². The lowest BCUT2D eigenvalue weighted by Gasteiger charge is -2.12. The van der Waals surface area contributed by atoms with Crippen LogP contribution in [0.25, 0.3) is 6.08 Å². The molecule has 1 fully saturated rings. The zero-order valence-corrected chi connectivity index (χ0v) is 15.0. The molecule has 3 amide bonds. The average Bonchev–Trinajstić information content (AvgIpc) is 3.21. The van der Waals surface area contributed by atoms with Crippen molar-refractivity contribution in [2.24, 2.45) is 0 Å². The van der Waals surface area contributed by atoms with Crippen LogP contribution < -0.4 is 16.0 Å². The standard InChI is InChI=1S/C21H23N3O3/c25-20(13-8-16-5-2-1-3-6-16)23-17-9-11-18(12-10-17)24-21(26)22-15-19-7-4-14-27-19/h1-3,5-6,8-13,19H,4,7,14-15H2,(H,23,25)(H2,22,24,26)/b13-8+. The summed E-state index contributed by atoms with van der Waals surface area (Å²) in [6, 6.07) is 16.3. The van der Waals surface area contributed by atoms with Crippen molar-refractivity contribution in [1.82, 2.24) is 5.32 Å². The lowest BCUT2D eigenvalue weighted by Crippen LogP contribution is -2.35. The molecular formula is C21H23N3O3. The largest absolute Gasteiger partial charge is 0.376 e. The van der Waals surface area contributed by atoms with Gasteiger partial charge in [0, 0.05) is 30.6 Å². The molecule has 3 N–H and O–H groups in total. The summed E-state index contributed by atoms with van der Waals surface area (Å²) in [4.78, 5) is 23.9. The van der Waals surface area contributed by atoms with E-state index in [-0.39, 0.29) is 18.0 Å². The van der Waals surface area contributed by atoms with E-state index in [0.717, 1.165) is 25.0 Å². The van der Waals surface area contributed by atoms with Crippen LogP contribution in [0.15, 0.2) is 60.7 Å². The molecule has 0 aromatic heterocycles. The average molecular weight is 365 g/mol. The Labute approximate surface area is 158 Å². The summed E-state index contributed by atoms with van der Waals surface area (Å²) in [7, 11) is 0. The molecule has 6 nitrogen and oxygen atoms in total. The molecule has 1 heterocycles. The first-order valence-electron chi connectivity index (χ1n) is 9.00. The summed E-state index contributed by atoms with van der Waals surface area (Å²) in [5.41, 5.74) is 2.27. The van der Waals surface area contributed by atoms with Gasteiger partial charge in [-0.25, -0.2) is 4.79 Å². The summed E-state index contributed by atoms with van der Waals surface area (Å²) in [6.07, 6.45) is 5.37. The van der Waals surface area contributed by atoms with Crippen LogP contribution in [-0.4, -0.2) is 31.2 Å². The van der Waals surface area contributed by atoms with Crippen LogP contribution in [0, 0.1) is 0 Å². The van der Waals surface area contributed by atoms with Gasteiger partial charge in [-0.15, -0.1) is 0 Å². The minimum atomic E-state index is -0.270. The van der Waals surface area contributed by atoms with Crippen molar-refractivity contribution >= 4 is 29.4 Å². The number of ether oxygens (including phenoxy) is 1. The van der Waals surface area contributed by atoms with Crippen molar-refractivity contribution in [3.05, 3.63) is 66.2 Å². The molecule has 3 rings (SSSR count). The molecule has 0 spiro atoms. The van der Waals surface area contributed by atoms with E-state index in [1.165, 1.54) is 6.08 Å². The van der Waals surface area contributed by atoms with Crippen molar-refractivity contribution < 1.29 is 14.3 Å². The third-order valence-corrected chi connectivity index (χ3v) is 4.15. The van der Waals surface area contributed by atoms with E-state index < -0.39 is 0 Å². The Hall–Kier alpha value is -3.12. The second-order valence-electron chi connectivity index (χ2n) is 6.28. The highest BCUT2D eigenvalue weighted by atomic mass is 16.5. The molecule has 140 valence electrons. The zero-order chi connectivity index (χ0) is 18.9. The van der Waals surface area contributed by atoms with Crippen LogP contribution in [0.2, 0.25) is 0 Å². The molecule has 0 radical (unpaired) electrons. The molecule has 2 aromatic carbocycles. The number of urea groups is 1. The Bertz CT molecular complexity index is 782. The number of carbonyl (C=O) groups is 2. The Morgan fingerprint density at radius 1 is 1.00 bits per heavy atom. The summed E-state index contributed by atoms with van der Waals surface area (Å²) in [5, 5.41) is 8.34. The molecule has 1 unspecified atom stereocenters. The van der Waals surface area contributed by atoms with Crippen molar-refractivity contribution in [2.75, 3.05) is 23.8 Å². The molecule has 2 aromatic rings. The minimum absolute atomic E-state index is 0.109. The van der Waals surface area contributed by atoms with Crippen LogP contribution in [0.4, 0.5) is 16.2 Å². The SMILES string of the molecule is O=C(/C=C/c1ccccc1)Nc1ccc(NC(=O)NCC2CCCO2)cc1.